The minimum absolute atomic E-state index is 0.183. The maximum Gasteiger partial charge on any atom is 0.469 e. The highest BCUT2D eigenvalue weighted by atomic mass is 31.2. The summed E-state index contributed by atoms with van der Waals surface area (Å²) in [6.07, 6.45) is -3.66. The highest BCUT2D eigenvalue weighted by Crippen LogP contribution is 2.39. The first-order chi connectivity index (χ1) is 11.6. The third-order valence-electron chi connectivity index (χ3n) is 4.16. The van der Waals surface area contributed by atoms with Gasteiger partial charge in [-0.1, -0.05) is 0 Å². The van der Waals surface area contributed by atoms with Crippen LogP contribution in [0.2, 0.25) is 0 Å². The van der Waals surface area contributed by atoms with Crippen LogP contribution >= 0.6 is 7.82 Å². The highest BCUT2D eigenvalue weighted by molar-refractivity contribution is 7.46. The summed E-state index contributed by atoms with van der Waals surface area (Å²) in [7, 11) is -1.50. The van der Waals surface area contributed by atoms with Crippen molar-refractivity contribution in [3.8, 4) is 0 Å². The molecule has 3 heterocycles. The van der Waals surface area contributed by atoms with Gasteiger partial charge in [-0.3, -0.25) is 9.32 Å². The molecule has 1 aromatic heterocycles. The van der Waals surface area contributed by atoms with E-state index in [9.17, 15) is 19.6 Å². The smallest absolute Gasteiger partial charge is 0.387 e. The van der Waals surface area contributed by atoms with Gasteiger partial charge in [-0.25, -0.2) is 9.55 Å². The number of hydrogen-bond acceptors (Lipinski definition) is 9. The van der Waals surface area contributed by atoms with E-state index < -0.39 is 39.0 Å². The normalized spacial score (nSPS) is 29.4. The van der Waals surface area contributed by atoms with Crippen LogP contribution < -0.4 is 15.4 Å². The zero-order valence-corrected chi connectivity index (χ0v) is 14.4. The van der Waals surface area contributed by atoms with Gasteiger partial charge < -0.3 is 39.1 Å². The van der Waals surface area contributed by atoms with Crippen LogP contribution in [-0.4, -0.2) is 74.4 Å². The molecule has 0 spiro atoms. The van der Waals surface area contributed by atoms with Gasteiger partial charge >= 0.3 is 7.82 Å². The van der Waals surface area contributed by atoms with Gasteiger partial charge in [0.1, 0.15) is 24.0 Å². The Hall–Kier alpha value is -1.53. The number of hydrogen-bond donors (Lipinski definition) is 4. The number of nitrogens with zero attached hydrogens (tertiary/aromatic N) is 4. The molecule has 1 aromatic rings. The van der Waals surface area contributed by atoms with E-state index in [4.69, 9.17) is 14.5 Å². The fourth-order valence-electron chi connectivity index (χ4n) is 2.92. The molecular weight excluding hydrogens is 359 g/mol. The van der Waals surface area contributed by atoms with Crippen molar-refractivity contribution in [3.05, 3.63) is 16.7 Å². The lowest BCUT2D eigenvalue weighted by Gasteiger charge is -2.27. The minimum Gasteiger partial charge on any atom is -0.387 e. The monoisotopic (exact) mass is 378 g/mol. The second kappa shape index (κ2) is 6.32. The molecule has 0 radical (unpaired) electrons. The molecule has 0 unspecified atom stereocenters. The SMILES string of the molecule is CN1CN([C@@H]2O[C@H](COP(=O)(O)O)[C@@H](O)[C@H]2O)c2ncn(C)c(=O)c21. The average Bonchev–Trinajstić information content (AvgIpc) is 2.99. The summed E-state index contributed by atoms with van der Waals surface area (Å²) < 4.78 is 22.0. The largest absolute Gasteiger partial charge is 0.469 e. The first-order valence-electron chi connectivity index (χ1n) is 7.35. The van der Waals surface area contributed by atoms with Crippen LogP contribution in [0.5, 0.6) is 0 Å². The third-order valence-corrected chi connectivity index (χ3v) is 4.64. The first-order valence-corrected chi connectivity index (χ1v) is 8.88. The van der Waals surface area contributed by atoms with Crippen molar-refractivity contribution >= 4 is 19.3 Å². The molecule has 4 atom stereocenters. The Morgan fingerprint density at radius 2 is 2.04 bits per heavy atom. The van der Waals surface area contributed by atoms with Gasteiger partial charge in [0.25, 0.3) is 5.56 Å². The van der Waals surface area contributed by atoms with Crippen LogP contribution in [0, 0.1) is 0 Å². The lowest BCUT2D eigenvalue weighted by Crippen LogP contribution is -2.45. The molecule has 25 heavy (non-hydrogen) atoms. The first kappa shape index (κ1) is 18.3. The molecule has 13 heteroatoms. The Kier molecular flexibility index (Phi) is 4.62. The van der Waals surface area contributed by atoms with Crippen LogP contribution in [0.4, 0.5) is 11.5 Å². The van der Waals surface area contributed by atoms with Crippen molar-refractivity contribution in [2.45, 2.75) is 24.5 Å². The molecule has 0 saturated carbocycles. The predicted molar refractivity (Wildman–Crippen MR) is 83.9 cm³/mol. The molecular formula is C12H19N4O8P. The number of phosphoric ester groups is 1. The van der Waals surface area contributed by atoms with E-state index in [1.54, 1.807) is 19.0 Å². The van der Waals surface area contributed by atoms with Gasteiger partial charge in [0.15, 0.2) is 12.0 Å². The molecule has 12 nitrogen and oxygen atoms in total. The van der Waals surface area contributed by atoms with E-state index in [0.29, 0.717) is 11.5 Å². The van der Waals surface area contributed by atoms with Crippen molar-refractivity contribution in [3.63, 3.8) is 0 Å². The molecule has 2 aliphatic heterocycles. The summed E-state index contributed by atoms with van der Waals surface area (Å²) in [5.41, 5.74) is 0.0506. The predicted octanol–water partition coefficient (Wildman–Crippen LogP) is -2.45. The number of phosphoric acid groups is 1. The van der Waals surface area contributed by atoms with E-state index in [1.165, 1.54) is 15.8 Å². The van der Waals surface area contributed by atoms with E-state index >= 15 is 0 Å². The highest BCUT2D eigenvalue weighted by Gasteiger charge is 2.49. The Morgan fingerprint density at radius 3 is 2.68 bits per heavy atom. The van der Waals surface area contributed by atoms with Crippen LogP contribution in [0.15, 0.2) is 11.1 Å². The van der Waals surface area contributed by atoms with Crippen LogP contribution in [0.3, 0.4) is 0 Å². The Balaban J connectivity index is 1.83. The molecule has 0 bridgehead atoms. The second-order valence-electron chi connectivity index (χ2n) is 5.97. The van der Waals surface area contributed by atoms with Gasteiger partial charge in [0.05, 0.1) is 19.6 Å². The van der Waals surface area contributed by atoms with E-state index in [1.807, 2.05) is 0 Å². The van der Waals surface area contributed by atoms with E-state index in [0.717, 1.165) is 0 Å². The summed E-state index contributed by atoms with van der Waals surface area (Å²) in [5.74, 6) is 0.290. The van der Waals surface area contributed by atoms with Crippen LogP contribution in [0.1, 0.15) is 0 Å². The number of ether oxygens (including phenoxy) is 1. The van der Waals surface area contributed by atoms with Crippen molar-refractivity contribution in [2.75, 3.05) is 30.1 Å². The summed E-state index contributed by atoms with van der Waals surface area (Å²) >= 11 is 0. The van der Waals surface area contributed by atoms with Crippen LogP contribution in [-0.2, 0) is 20.9 Å². The molecule has 3 rings (SSSR count). The fourth-order valence-corrected chi connectivity index (χ4v) is 3.27. The lowest BCUT2D eigenvalue weighted by molar-refractivity contribution is -0.0217. The number of aromatic nitrogens is 2. The molecule has 0 amide bonds. The number of rotatable bonds is 4. The summed E-state index contributed by atoms with van der Waals surface area (Å²) in [6.45, 7) is -0.415. The van der Waals surface area contributed by atoms with Crippen LogP contribution in [0.25, 0.3) is 0 Å². The number of aryl methyl sites for hydroxylation is 1. The van der Waals surface area contributed by atoms with Gasteiger partial charge in [-0.2, -0.15) is 0 Å². The van der Waals surface area contributed by atoms with Crippen molar-refractivity contribution in [1.82, 2.24) is 9.55 Å². The number of aliphatic hydroxyl groups excluding tert-OH is 2. The number of anilines is 2. The second-order valence-corrected chi connectivity index (χ2v) is 7.21. The molecule has 1 fully saturated rings. The maximum absolute atomic E-state index is 12.2. The minimum atomic E-state index is -4.74. The zero-order chi connectivity index (χ0) is 18.5. The molecule has 4 N–H and O–H groups in total. The Labute approximate surface area is 142 Å². The van der Waals surface area contributed by atoms with Crippen molar-refractivity contribution in [2.24, 2.45) is 7.05 Å². The molecule has 2 aliphatic rings. The molecule has 1 saturated heterocycles. The van der Waals surface area contributed by atoms with Gasteiger partial charge in [0, 0.05) is 14.1 Å². The fraction of sp³-hybridized carbons (Fsp3) is 0.667. The topological polar surface area (TPSA) is 158 Å². The van der Waals surface area contributed by atoms with E-state index in [2.05, 4.69) is 9.51 Å². The number of fused-ring (bicyclic) bond motifs is 1. The van der Waals surface area contributed by atoms with Gasteiger partial charge in [-0.15, -0.1) is 0 Å². The quantitative estimate of drug-likeness (QED) is 0.412. The molecule has 140 valence electrons. The van der Waals surface area contributed by atoms with E-state index in [-0.39, 0.29) is 12.2 Å². The zero-order valence-electron chi connectivity index (χ0n) is 13.5. The standard InChI is InChI=1S/C12H19N4O8P/c1-14-4-13-10-7(11(14)19)15(2)5-16(10)12-9(18)8(17)6(24-12)3-23-25(20,21)22/h4,6,8-9,12,17-18H,3,5H2,1-2H3,(H2,20,21,22)/t6-,8-,9-,12-/m1/s1. The van der Waals surface area contributed by atoms with Gasteiger partial charge in [-0.05, 0) is 0 Å². The Bertz CT molecular complexity index is 766. The average molecular weight is 378 g/mol. The summed E-state index contributed by atoms with van der Waals surface area (Å²) in [5, 5.41) is 20.3. The third kappa shape index (κ3) is 3.29. The lowest BCUT2D eigenvalue weighted by atomic mass is 10.1. The van der Waals surface area contributed by atoms with Gasteiger partial charge in [0.2, 0.25) is 0 Å². The molecule has 0 aliphatic carbocycles. The summed E-state index contributed by atoms with van der Waals surface area (Å²) in [6, 6.07) is 0. The maximum atomic E-state index is 12.2. The number of aliphatic hydroxyl groups is 2. The summed E-state index contributed by atoms with van der Waals surface area (Å²) in [4.78, 5) is 37.1. The van der Waals surface area contributed by atoms with Crippen molar-refractivity contribution < 1.29 is 33.8 Å². The molecule has 0 aromatic carbocycles. The van der Waals surface area contributed by atoms with Crippen molar-refractivity contribution in [1.29, 1.82) is 0 Å². The Morgan fingerprint density at radius 1 is 1.36 bits per heavy atom.